The minimum absolute atomic E-state index is 0.0144. The third-order valence-electron chi connectivity index (χ3n) is 4.97. The molecular weight excluding hydrogens is 456 g/mol. The largest absolute Gasteiger partial charge is 0.490 e. The first-order valence-electron chi connectivity index (χ1n) is 9.94. The van der Waals surface area contributed by atoms with E-state index in [1.165, 1.54) is 45.3 Å². The number of carbonyl (C=O) groups is 1. The molecule has 1 N–H and O–H groups in total. The van der Waals surface area contributed by atoms with Crippen LogP contribution in [0, 0.1) is 0 Å². The van der Waals surface area contributed by atoms with Gasteiger partial charge in [0.2, 0.25) is 15.9 Å². The summed E-state index contributed by atoms with van der Waals surface area (Å²) in [6.07, 6.45) is 0.739. The van der Waals surface area contributed by atoms with Gasteiger partial charge in [-0.15, -0.1) is 0 Å². The predicted octanol–water partition coefficient (Wildman–Crippen LogP) is 2.04. The van der Waals surface area contributed by atoms with Crippen LogP contribution in [0.3, 0.4) is 0 Å². The monoisotopic (exact) mass is 482 g/mol. The Labute approximate surface area is 188 Å². The summed E-state index contributed by atoms with van der Waals surface area (Å²) >= 11 is 0. The molecule has 1 unspecified atom stereocenters. The second-order valence-electron chi connectivity index (χ2n) is 7.59. The van der Waals surface area contributed by atoms with E-state index in [4.69, 9.17) is 9.47 Å². The molecule has 1 atom stereocenters. The number of hydrogen-bond acceptors (Lipinski definition) is 7. The lowest BCUT2D eigenvalue weighted by atomic mass is 10.2. The van der Waals surface area contributed by atoms with Crippen molar-refractivity contribution in [2.75, 3.05) is 32.6 Å². The van der Waals surface area contributed by atoms with E-state index in [2.05, 4.69) is 5.32 Å². The van der Waals surface area contributed by atoms with Gasteiger partial charge in [0.25, 0.3) is 0 Å². The lowest BCUT2D eigenvalue weighted by Crippen LogP contribution is -2.33. The van der Waals surface area contributed by atoms with E-state index >= 15 is 0 Å². The van der Waals surface area contributed by atoms with E-state index in [0.29, 0.717) is 30.4 Å². The van der Waals surface area contributed by atoms with Crippen LogP contribution >= 0.6 is 0 Å². The Hall–Kier alpha value is -2.63. The van der Waals surface area contributed by atoms with E-state index in [0.717, 1.165) is 10.7 Å². The molecule has 0 saturated heterocycles. The molecule has 9 nitrogen and oxygen atoms in total. The van der Waals surface area contributed by atoms with Gasteiger partial charge in [0.15, 0.2) is 21.3 Å². The van der Waals surface area contributed by atoms with Crippen molar-refractivity contribution in [2.45, 2.75) is 29.2 Å². The minimum Gasteiger partial charge on any atom is -0.490 e. The molecule has 1 aliphatic heterocycles. The summed E-state index contributed by atoms with van der Waals surface area (Å²) in [5.74, 6) is -0.125. The van der Waals surface area contributed by atoms with E-state index in [-0.39, 0.29) is 10.5 Å². The number of fused-ring (bicyclic) bond motifs is 1. The maximum atomic E-state index is 12.8. The smallest absolute Gasteiger partial charge is 0.242 e. The molecule has 3 rings (SSSR count). The van der Waals surface area contributed by atoms with Crippen LogP contribution in [0.1, 0.15) is 18.9 Å². The van der Waals surface area contributed by atoms with Gasteiger partial charge in [0, 0.05) is 32.3 Å². The van der Waals surface area contributed by atoms with Crippen molar-refractivity contribution >= 4 is 31.5 Å². The van der Waals surface area contributed by atoms with Crippen LogP contribution in [-0.4, -0.2) is 59.6 Å². The fourth-order valence-corrected chi connectivity index (χ4v) is 5.26. The maximum absolute atomic E-state index is 12.8. The summed E-state index contributed by atoms with van der Waals surface area (Å²) in [5.41, 5.74) is 0.670. The van der Waals surface area contributed by atoms with Crippen LogP contribution in [0.15, 0.2) is 47.4 Å². The number of nitrogens with one attached hydrogen (secondary N) is 1. The van der Waals surface area contributed by atoms with Crippen LogP contribution in [-0.2, 0) is 30.4 Å². The SMILES string of the molecule is CC(C(=O)Nc1ccc2c(c1)OCCCO2)S(=O)(=O)Cc1cccc(S(=O)(=O)N(C)C)c1. The molecule has 2 aromatic carbocycles. The molecule has 0 saturated carbocycles. The Morgan fingerprint density at radius 1 is 1.03 bits per heavy atom. The van der Waals surface area contributed by atoms with Gasteiger partial charge in [-0.2, -0.15) is 0 Å². The molecule has 0 radical (unpaired) electrons. The number of ether oxygens (including phenoxy) is 2. The highest BCUT2D eigenvalue weighted by atomic mass is 32.2. The average Bonchev–Trinajstić information content (AvgIpc) is 2.98. The fourth-order valence-electron chi connectivity index (χ4n) is 3.01. The fraction of sp³-hybridized carbons (Fsp3) is 0.381. The Balaban J connectivity index is 1.74. The van der Waals surface area contributed by atoms with Crippen molar-refractivity contribution in [3.63, 3.8) is 0 Å². The quantitative estimate of drug-likeness (QED) is 0.641. The maximum Gasteiger partial charge on any atom is 0.242 e. The van der Waals surface area contributed by atoms with Gasteiger partial charge in [0.05, 0.1) is 23.9 Å². The Morgan fingerprint density at radius 3 is 2.41 bits per heavy atom. The van der Waals surface area contributed by atoms with Crippen molar-refractivity contribution in [1.82, 2.24) is 4.31 Å². The number of carbonyl (C=O) groups excluding carboxylic acids is 1. The first kappa shape index (κ1) is 24.0. The van der Waals surface area contributed by atoms with Gasteiger partial charge in [-0.25, -0.2) is 21.1 Å². The van der Waals surface area contributed by atoms with Crippen molar-refractivity contribution in [1.29, 1.82) is 0 Å². The second kappa shape index (κ2) is 9.47. The number of anilines is 1. The van der Waals surface area contributed by atoms with Crippen molar-refractivity contribution in [3.8, 4) is 11.5 Å². The van der Waals surface area contributed by atoms with E-state index in [1.807, 2.05) is 0 Å². The second-order valence-corrected chi connectivity index (χ2v) is 12.1. The summed E-state index contributed by atoms with van der Waals surface area (Å²) in [6.45, 7) is 2.32. The molecule has 2 aromatic rings. The Morgan fingerprint density at radius 2 is 1.72 bits per heavy atom. The van der Waals surface area contributed by atoms with Crippen LogP contribution in [0.4, 0.5) is 5.69 Å². The minimum atomic E-state index is -3.91. The number of nitrogens with zero attached hydrogens (tertiary/aromatic N) is 1. The molecule has 11 heteroatoms. The third kappa shape index (κ3) is 5.40. The predicted molar refractivity (Wildman–Crippen MR) is 120 cm³/mol. The lowest BCUT2D eigenvalue weighted by molar-refractivity contribution is -0.115. The topological polar surface area (TPSA) is 119 Å². The molecule has 0 bridgehead atoms. The summed E-state index contributed by atoms with van der Waals surface area (Å²) in [5, 5.41) is 1.24. The summed E-state index contributed by atoms with van der Waals surface area (Å²) in [7, 11) is -4.83. The number of hydrogen-bond donors (Lipinski definition) is 1. The summed E-state index contributed by atoms with van der Waals surface area (Å²) in [6, 6.07) is 10.6. The van der Waals surface area contributed by atoms with Crippen molar-refractivity contribution < 1.29 is 31.1 Å². The first-order chi connectivity index (χ1) is 15.0. The van der Waals surface area contributed by atoms with Crippen LogP contribution in [0.25, 0.3) is 0 Å². The molecule has 0 aromatic heterocycles. The zero-order valence-corrected chi connectivity index (χ0v) is 19.7. The number of sulfone groups is 1. The number of sulfonamides is 1. The molecule has 1 aliphatic rings. The molecule has 0 fully saturated rings. The molecule has 32 heavy (non-hydrogen) atoms. The molecule has 1 heterocycles. The molecule has 1 amide bonds. The zero-order valence-electron chi connectivity index (χ0n) is 18.1. The normalized spacial score (nSPS) is 15.1. The highest BCUT2D eigenvalue weighted by Crippen LogP contribution is 2.32. The van der Waals surface area contributed by atoms with Gasteiger partial charge in [-0.1, -0.05) is 12.1 Å². The van der Waals surface area contributed by atoms with Crippen molar-refractivity contribution in [3.05, 3.63) is 48.0 Å². The van der Waals surface area contributed by atoms with Gasteiger partial charge < -0.3 is 14.8 Å². The van der Waals surface area contributed by atoms with Crippen LogP contribution in [0.2, 0.25) is 0 Å². The van der Waals surface area contributed by atoms with E-state index in [9.17, 15) is 21.6 Å². The highest BCUT2D eigenvalue weighted by molar-refractivity contribution is 7.92. The summed E-state index contributed by atoms with van der Waals surface area (Å²) in [4.78, 5) is 12.6. The number of benzene rings is 2. The molecular formula is C21H26N2O7S2. The zero-order chi connectivity index (χ0) is 23.5. The molecule has 0 aliphatic carbocycles. The standard InChI is InChI=1S/C21H26N2O7S2/c1-15(21(24)22-17-8-9-19-20(13-17)30-11-5-10-29-19)31(25,26)14-16-6-4-7-18(12-16)32(27,28)23(2)3/h4,6-9,12-13,15H,5,10-11,14H2,1-3H3,(H,22,24). The molecule has 0 spiro atoms. The van der Waals surface area contributed by atoms with Gasteiger partial charge in [0.1, 0.15) is 5.25 Å². The third-order valence-corrected chi connectivity index (χ3v) is 8.81. The van der Waals surface area contributed by atoms with Crippen LogP contribution in [0.5, 0.6) is 11.5 Å². The number of amides is 1. The molecule has 174 valence electrons. The summed E-state index contributed by atoms with van der Waals surface area (Å²) < 4.78 is 62.5. The Kier molecular flexibility index (Phi) is 7.11. The van der Waals surface area contributed by atoms with Gasteiger partial charge in [-0.3, -0.25) is 4.79 Å². The average molecular weight is 483 g/mol. The number of rotatable bonds is 7. The van der Waals surface area contributed by atoms with Crippen LogP contribution < -0.4 is 14.8 Å². The lowest BCUT2D eigenvalue weighted by Gasteiger charge is -2.16. The van der Waals surface area contributed by atoms with Gasteiger partial charge >= 0.3 is 0 Å². The highest BCUT2D eigenvalue weighted by Gasteiger charge is 2.29. The van der Waals surface area contributed by atoms with Gasteiger partial charge in [-0.05, 0) is 36.8 Å². The Bertz CT molecular complexity index is 1210. The van der Waals surface area contributed by atoms with E-state index in [1.54, 1.807) is 18.2 Å². The first-order valence-corrected chi connectivity index (χ1v) is 13.1. The van der Waals surface area contributed by atoms with Crippen molar-refractivity contribution in [2.24, 2.45) is 0 Å². The van der Waals surface area contributed by atoms with E-state index < -0.39 is 36.8 Å².